The van der Waals surface area contributed by atoms with E-state index in [9.17, 15) is 9.18 Å². The Morgan fingerprint density at radius 3 is 2.63 bits per heavy atom. The number of ether oxygens (including phenoxy) is 1. The lowest BCUT2D eigenvalue weighted by Gasteiger charge is -2.24. The first-order valence-electron chi connectivity index (χ1n) is 11.8. The molecular weight excluding hydrogens is 489 g/mol. The average Bonchev–Trinajstić information content (AvgIpc) is 3.24. The molecule has 11 nitrogen and oxygen atoms in total. The highest BCUT2D eigenvalue weighted by Crippen LogP contribution is 2.35. The highest BCUT2D eigenvalue weighted by atomic mass is 19.1. The van der Waals surface area contributed by atoms with E-state index in [4.69, 9.17) is 4.74 Å². The summed E-state index contributed by atoms with van der Waals surface area (Å²) in [6, 6.07) is 9.23. The molecule has 0 saturated heterocycles. The maximum Gasteiger partial charge on any atom is 0.283 e. The number of nitrogens with one attached hydrogen (secondary N) is 2. The minimum absolute atomic E-state index is 0.241. The van der Waals surface area contributed by atoms with Crippen LogP contribution in [0.25, 0.3) is 17.0 Å². The summed E-state index contributed by atoms with van der Waals surface area (Å²) in [5, 5.41) is 5.64. The zero-order valence-corrected chi connectivity index (χ0v) is 22.0. The Balaban J connectivity index is 1.72. The van der Waals surface area contributed by atoms with E-state index in [1.54, 1.807) is 18.3 Å². The van der Waals surface area contributed by atoms with Crippen LogP contribution in [-0.4, -0.2) is 76.5 Å². The van der Waals surface area contributed by atoms with Crippen LogP contribution >= 0.6 is 0 Å². The number of aromatic nitrogens is 5. The highest BCUT2D eigenvalue weighted by molar-refractivity contribution is 6.03. The average molecular weight is 520 g/mol. The van der Waals surface area contributed by atoms with Crippen molar-refractivity contribution in [2.45, 2.75) is 6.92 Å². The van der Waals surface area contributed by atoms with Crippen LogP contribution in [0, 0.1) is 6.92 Å². The predicted octanol–water partition coefficient (Wildman–Crippen LogP) is 3.67. The summed E-state index contributed by atoms with van der Waals surface area (Å²) in [7, 11) is 7.20. The van der Waals surface area contributed by atoms with Gasteiger partial charge in [-0.25, -0.2) is 19.3 Å². The summed E-state index contributed by atoms with van der Waals surface area (Å²) < 4.78 is 21.1. The molecule has 0 aliphatic rings. The molecule has 0 fully saturated rings. The second kappa shape index (κ2) is 11.2. The number of hydrogen-bond donors (Lipinski definition) is 2. The third-order valence-corrected chi connectivity index (χ3v) is 5.76. The number of carbonyl (C=O) groups excluding carboxylic acids is 1. The largest absolute Gasteiger partial charge is 0.479 e. The zero-order valence-electron chi connectivity index (χ0n) is 22.0. The molecule has 0 spiro atoms. The number of halogens is 1. The molecule has 0 aromatic carbocycles. The third kappa shape index (κ3) is 5.70. The molecule has 2 N–H and O–H groups in total. The van der Waals surface area contributed by atoms with Crippen molar-refractivity contribution >= 4 is 34.6 Å². The van der Waals surface area contributed by atoms with Gasteiger partial charge in [0.2, 0.25) is 11.8 Å². The van der Waals surface area contributed by atoms with Crippen molar-refractivity contribution in [2.24, 2.45) is 0 Å². The first kappa shape index (κ1) is 26.5. The Morgan fingerprint density at radius 1 is 1.13 bits per heavy atom. The molecule has 0 saturated carbocycles. The van der Waals surface area contributed by atoms with Gasteiger partial charge >= 0.3 is 0 Å². The second-order valence-electron chi connectivity index (χ2n) is 8.87. The topological polar surface area (TPSA) is 113 Å². The van der Waals surface area contributed by atoms with Gasteiger partial charge in [-0.2, -0.15) is 4.98 Å². The minimum Gasteiger partial charge on any atom is -0.479 e. The fraction of sp³-hybridized carbons (Fsp3) is 0.269. The third-order valence-electron chi connectivity index (χ3n) is 5.76. The van der Waals surface area contributed by atoms with E-state index in [1.807, 2.05) is 66.7 Å². The number of likely N-dealkylation sites (N-methyl/N-ethyl adjacent to an activating group) is 2. The number of rotatable bonds is 10. The summed E-state index contributed by atoms with van der Waals surface area (Å²) >= 11 is 0. The van der Waals surface area contributed by atoms with Gasteiger partial charge in [0.05, 0.1) is 24.0 Å². The van der Waals surface area contributed by atoms with Gasteiger partial charge in [-0.1, -0.05) is 12.6 Å². The molecule has 1 amide bonds. The molecule has 4 aromatic heterocycles. The van der Waals surface area contributed by atoms with Crippen LogP contribution in [0.1, 0.15) is 5.69 Å². The molecular formula is C26H30FN9O2. The maximum absolute atomic E-state index is 13.6. The molecule has 4 aromatic rings. The van der Waals surface area contributed by atoms with Gasteiger partial charge in [-0.3, -0.25) is 9.20 Å². The molecule has 0 aliphatic carbocycles. The number of imidazole rings is 1. The van der Waals surface area contributed by atoms with E-state index >= 15 is 0 Å². The van der Waals surface area contributed by atoms with Crippen LogP contribution in [0.3, 0.4) is 0 Å². The maximum atomic E-state index is 13.6. The normalized spacial score (nSPS) is 11.0. The molecule has 38 heavy (non-hydrogen) atoms. The molecule has 0 bridgehead atoms. The smallest absolute Gasteiger partial charge is 0.283 e. The number of nitrogens with zero attached hydrogens (tertiary/aromatic N) is 7. The van der Waals surface area contributed by atoms with Gasteiger partial charge in [-0.05, 0) is 45.3 Å². The molecule has 0 unspecified atom stereocenters. The number of aryl methyl sites for hydroxylation is 1. The van der Waals surface area contributed by atoms with Gasteiger partial charge in [0.15, 0.2) is 17.5 Å². The monoisotopic (exact) mass is 519 g/mol. The van der Waals surface area contributed by atoms with Crippen molar-refractivity contribution in [3.63, 3.8) is 0 Å². The van der Waals surface area contributed by atoms with Crippen LogP contribution < -0.4 is 20.3 Å². The van der Waals surface area contributed by atoms with Crippen molar-refractivity contribution in [3.05, 3.63) is 60.8 Å². The van der Waals surface area contributed by atoms with Crippen LogP contribution in [0.2, 0.25) is 0 Å². The van der Waals surface area contributed by atoms with E-state index in [2.05, 4.69) is 37.1 Å². The first-order chi connectivity index (χ1) is 18.2. The highest BCUT2D eigenvalue weighted by Gasteiger charge is 2.20. The van der Waals surface area contributed by atoms with Crippen LogP contribution in [0.15, 0.2) is 55.1 Å². The Morgan fingerprint density at radius 2 is 1.92 bits per heavy atom. The summed E-state index contributed by atoms with van der Waals surface area (Å²) in [4.78, 5) is 34.2. The number of fused-ring (bicyclic) bond motifs is 1. The minimum atomic E-state index is -1.12. The number of amides is 1. The van der Waals surface area contributed by atoms with Crippen LogP contribution in [0.4, 0.5) is 27.5 Å². The van der Waals surface area contributed by atoms with Crippen molar-refractivity contribution in [1.29, 1.82) is 0 Å². The van der Waals surface area contributed by atoms with E-state index in [0.29, 0.717) is 29.6 Å². The molecule has 0 radical (unpaired) electrons. The van der Waals surface area contributed by atoms with Crippen LogP contribution in [-0.2, 0) is 4.79 Å². The van der Waals surface area contributed by atoms with Gasteiger partial charge in [0.25, 0.3) is 5.91 Å². The number of hydrogen-bond acceptors (Lipinski definition) is 9. The van der Waals surface area contributed by atoms with Crippen molar-refractivity contribution < 1.29 is 13.9 Å². The Bertz CT molecular complexity index is 1490. The van der Waals surface area contributed by atoms with E-state index in [-0.39, 0.29) is 17.5 Å². The quantitative estimate of drug-likeness (QED) is 0.303. The van der Waals surface area contributed by atoms with Gasteiger partial charge in [0.1, 0.15) is 11.4 Å². The second-order valence-corrected chi connectivity index (χ2v) is 8.87. The number of pyridine rings is 2. The zero-order chi connectivity index (χ0) is 27.4. The number of anilines is 4. The molecule has 4 rings (SSSR count). The van der Waals surface area contributed by atoms with E-state index < -0.39 is 11.7 Å². The van der Waals surface area contributed by atoms with Crippen molar-refractivity contribution in [1.82, 2.24) is 29.2 Å². The van der Waals surface area contributed by atoms with Crippen molar-refractivity contribution in [3.8, 4) is 17.4 Å². The fourth-order valence-electron chi connectivity index (χ4n) is 3.80. The molecule has 0 atom stereocenters. The molecule has 0 aliphatic heterocycles. The Hall–Kier alpha value is -4.58. The standard InChI is InChI=1S/C26H30FN9O2/c1-16(27)24(37)30-19-15-20(25(38-6)33-22(19)35(5)14-13-34(3)4)32-26-28-11-10-18(31-26)23-29-17(2)21-9-7-8-12-36(21)23/h7-12,15H,1,13-14H2,2-6H3,(H,30,37)(H,28,31,32). The van der Waals surface area contributed by atoms with Crippen molar-refractivity contribution in [2.75, 3.05) is 56.9 Å². The summed E-state index contributed by atoms with van der Waals surface area (Å²) in [5.74, 6) is -0.516. The van der Waals surface area contributed by atoms with Gasteiger partial charge in [0, 0.05) is 32.5 Å². The Labute approximate surface area is 220 Å². The molecule has 12 heteroatoms. The van der Waals surface area contributed by atoms with Crippen LogP contribution in [0.5, 0.6) is 5.88 Å². The lowest BCUT2D eigenvalue weighted by molar-refractivity contribution is -0.114. The van der Waals surface area contributed by atoms with E-state index in [1.165, 1.54) is 7.11 Å². The van der Waals surface area contributed by atoms with Gasteiger partial charge < -0.3 is 25.2 Å². The lowest BCUT2D eigenvalue weighted by atomic mass is 10.3. The number of methoxy groups -OCH3 is 1. The lowest BCUT2D eigenvalue weighted by Crippen LogP contribution is -2.30. The summed E-state index contributed by atoms with van der Waals surface area (Å²) in [6.07, 6.45) is 3.54. The SMILES string of the molecule is C=C(F)C(=O)Nc1cc(Nc2nccc(-c3nc(C)c4ccccn34)n2)c(OC)nc1N(C)CCN(C)C. The van der Waals surface area contributed by atoms with Gasteiger partial charge in [-0.15, -0.1) is 0 Å². The predicted molar refractivity (Wildman–Crippen MR) is 146 cm³/mol. The summed E-state index contributed by atoms with van der Waals surface area (Å²) in [6.45, 7) is 6.35. The molecule has 198 valence electrons. The molecule has 4 heterocycles. The first-order valence-corrected chi connectivity index (χ1v) is 11.8. The summed E-state index contributed by atoms with van der Waals surface area (Å²) in [5.41, 5.74) is 3.10. The Kier molecular flexibility index (Phi) is 7.82. The number of carbonyl (C=O) groups is 1. The fourth-order valence-corrected chi connectivity index (χ4v) is 3.80. The van der Waals surface area contributed by atoms with E-state index in [0.717, 1.165) is 17.8 Å².